The topological polar surface area (TPSA) is 86.7 Å². The number of benzene rings is 2. The van der Waals surface area contributed by atoms with E-state index in [9.17, 15) is 4.79 Å². The maximum atomic E-state index is 13.1. The molecule has 7 rings (SSSR count). The lowest BCUT2D eigenvalue weighted by Gasteiger charge is -2.60. The summed E-state index contributed by atoms with van der Waals surface area (Å²) in [7, 11) is -0.487. The molecule has 5 atom stereocenters. The molecule has 36 heavy (non-hydrogen) atoms. The van der Waals surface area contributed by atoms with E-state index in [2.05, 4.69) is 19.2 Å². The van der Waals surface area contributed by atoms with Gasteiger partial charge in [-0.1, -0.05) is 49.7 Å². The first-order valence-electron chi connectivity index (χ1n) is 12.9. The molecule has 0 spiro atoms. The average Bonchev–Trinajstić information content (AvgIpc) is 3.48. The highest BCUT2D eigenvalue weighted by atomic mass is 35.5. The van der Waals surface area contributed by atoms with Gasteiger partial charge in [-0.05, 0) is 72.3 Å². The lowest BCUT2D eigenvalue weighted by Crippen LogP contribution is -2.59. The van der Waals surface area contributed by atoms with E-state index in [1.807, 2.05) is 36.4 Å². The Hall–Kier alpha value is -2.48. The molecule has 3 aliphatic carbocycles. The van der Waals surface area contributed by atoms with E-state index < -0.39 is 7.12 Å². The van der Waals surface area contributed by atoms with E-state index in [1.54, 1.807) is 12.3 Å². The minimum absolute atomic E-state index is 0.0487. The van der Waals surface area contributed by atoms with Gasteiger partial charge in [0.25, 0.3) is 0 Å². The number of carbonyl (C=O) groups excluding carboxylic acids is 1. The number of carbonyl (C=O) groups is 1. The molecule has 1 amide bonds. The Morgan fingerprint density at radius 1 is 1.22 bits per heavy atom. The first-order chi connectivity index (χ1) is 17.3. The molecule has 3 saturated carbocycles. The standard InChI is InChI=1S/C28H32BClN2O4/c1-28(2)18-13-20(28)27-24(14-18)35-29(36-27)25(12-17-15-34-23-6-4-3-5-19(17)23)32-26(33)10-8-16-7-9-22(31)21(30)11-16/h3-7,9,11,15,18,20,24-25,27H,8,10,12-14,31H2,1-2H3,(H,32,33). The Balaban J connectivity index is 1.19. The average molecular weight is 507 g/mol. The molecule has 2 heterocycles. The zero-order chi connectivity index (χ0) is 25.0. The summed E-state index contributed by atoms with van der Waals surface area (Å²) in [5.74, 6) is 0.822. The molecule has 2 aromatic carbocycles. The number of hydrogen-bond acceptors (Lipinski definition) is 5. The summed E-state index contributed by atoms with van der Waals surface area (Å²) in [5.41, 5.74) is 9.49. The van der Waals surface area contributed by atoms with Crippen LogP contribution in [0, 0.1) is 17.3 Å². The second kappa shape index (κ2) is 9.12. The van der Waals surface area contributed by atoms with E-state index >= 15 is 0 Å². The van der Waals surface area contributed by atoms with Crippen molar-refractivity contribution in [1.29, 1.82) is 0 Å². The van der Waals surface area contributed by atoms with Crippen molar-refractivity contribution >= 4 is 41.3 Å². The Morgan fingerprint density at radius 3 is 2.86 bits per heavy atom. The van der Waals surface area contributed by atoms with Gasteiger partial charge < -0.3 is 24.8 Å². The second-order valence-corrected chi connectivity index (χ2v) is 11.6. The van der Waals surface area contributed by atoms with Crippen molar-refractivity contribution in [2.75, 3.05) is 5.73 Å². The maximum Gasteiger partial charge on any atom is 0.481 e. The highest BCUT2D eigenvalue weighted by Gasteiger charge is 2.62. The fraction of sp³-hybridized carbons (Fsp3) is 0.464. The van der Waals surface area contributed by atoms with Gasteiger partial charge in [-0.15, -0.1) is 0 Å². The van der Waals surface area contributed by atoms with Gasteiger partial charge in [0.05, 0.1) is 35.1 Å². The number of furan rings is 1. The summed E-state index contributed by atoms with van der Waals surface area (Å²) >= 11 is 6.15. The minimum Gasteiger partial charge on any atom is -0.464 e. The van der Waals surface area contributed by atoms with Crippen LogP contribution in [0.25, 0.3) is 11.0 Å². The summed E-state index contributed by atoms with van der Waals surface area (Å²) in [4.78, 5) is 13.1. The number of nitrogens with one attached hydrogen (secondary N) is 1. The van der Waals surface area contributed by atoms with Gasteiger partial charge >= 0.3 is 7.12 Å². The molecule has 0 radical (unpaired) electrons. The molecule has 6 nitrogen and oxygen atoms in total. The molecule has 4 aliphatic rings. The van der Waals surface area contributed by atoms with Crippen LogP contribution in [-0.2, 0) is 26.9 Å². The second-order valence-electron chi connectivity index (χ2n) is 11.2. The number of halogens is 1. The van der Waals surface area contributed by atoms with Gasteiger partial charge in [-0.2, -0.15) is 0 Å². The van der Waals surface area contributed by atoms with Gasteiger partial charge in [0.2, 0.25) is 5.91 Å². The van der Waals surface area contributed by atoms with E-state index in [0.29, 0.717) is 47.2 Å². The number of para-hydroxylation sites is 1. The third kappa shape index (κ3) is 4.21. The zero-order valence-corrected chi connectivity index (χ0v) is 21.5. The summed E-state index contributed by atoms with van der Waals surface area (Å²) in [6.07, 6.45) is 5.68. The van der Waals surface area contributed by atoms with Crippen LogP contribution in [0.3, 0.4) is 0 Å². The normalized spacial score (nSPS) is 26.9. The van der Waals surface area contributed by atoms with Gasteiger partial charge in [0.15, 0.2) is 0 Å². The van der Waals surface area contributed by atoms with Crippen LogP contribution in [0.5, 0.6) is 0 Å². The molecule has 4 fully saturated rings. The van der Waals surface area contributed by atoms with E-state index in [4.69, 9.17) is 31.1 Å². The van der Waals surface area contributed by atoms with E-state index in [0.717, 1.165) is 28.5 Å². The molecular formula is C28H32BClN2O4. The van der Waals surface area contributed by atoms with Gasteiger partial charge in [0, 0.05) is 11.8 Å². The Morgan fingerprint density at radius 2 is 2.06 bits per heavy atom. The van der Waals surface area contributed by atoms with Crippen LogP contribution in [0.15, 0.2) is 53.1 Å². The highest BCUT2D eigenvalue weighted by Crippen LogP contribution is 2.61. The van der Waals surface area contributed by atoms with Gasteiger partial charge in [0.1, 0.15) is 5.58 Å². The first-order valence-corrected chi connectivity index (χ1v) is 13.3. The van der Waals surface area contributed by atoms with Crippen molar-refractivity contribution in [2.24, 2.45) is 17.3 Å². The highest BCUT2D eigenvalue weighted by molar-refractivity contribution is 6.47. The first kappa shape index (κ1) is 23.9. The number of amides is 1. The predicted molar refractivity (Wildman–Crippen MR) is 142 cm³/mol. The maximum absolute atomic E-state index is 13.1. The Kier molecular flexibility index (Phi) is 6.06. The Labute approximate surface area is 217 Å². The van der Waals surface area contributed by atoms with Crippen LogP contribution in [-0.4, -0.2) is 31.2 Å². The molecule has 1 aromatic heterocycles. The monoisotopic (exact) mass is 506 g/mol. The molecular weight excluding hydrogens is 475 g/mol. The van der Waals surface area contributed by atoms with Crippen molar-refractivity contribution in [2.45, 2.75) is 64.1 Å². The minimum atomic E-state index is -0.487. The van der Waals surface area contributed by atoms with Crippen molar-refractivity contribution < 1.29 is 18.5 Å². The van der Waals surface area contributed by atoms with Crippen molar-refractivity contribution in [3.05, 3.63) is 64.9 Å². The zero-order valence-electron chi connectivity index (χ0n) is 20.7. The third-order valence-electron chi connectivity index (χ3n) is 8.81. The van der Waals surface area contributed by atoms with Crippen molar-refractivity contribution in [3.63, 3.8) is 0 Å². The van der Waals surface area contributed by atoms with E-state index in [-0.39, 0.29) is 24.1 Å². The molecule has 188 valence electrons. The molecule has 1 aliphatic heterocycles. The third-order valence-corrected chi connectivity index (χ3v) is 9.14. The molecule has 3 aromatic rings. The van der Waals surface area contributed by atoms with Crippen LogP contribution in [0.2, 0.25) is 5.02 Å². The molecule has 3 N–H and O–H groups in total. The molecule has 1 saturated heterocycles. The molecule has 2 bridgehead atoms. The lowest BCUT2D eigenvalue weighted by molar-refractivity contribution is -0.150. The number of rotatable bonds is 7. The van der Waals surface area contributed by atoms with Crippen LogP contribution >= 0.6 is 11.6 Å². The van der Waals surface area contributed by atoms with Gasteiger partial charge in [-0.3, -0.25) is 4.79 Å². The number of anilines is 1. The number of nitrogen functional groups attached to an aromatic ring is 1. The smallest absolute Gasteiger partial charge is 0.464 e. The molecule has 8 heteroatoms. The van der Waals surface area contributed by atoms with Crippen LogP contribution in [0.1, 0.15) is 44.2 Å². The summed E-state index contributed by atoms with van der Waals surface area (Å²) < 4.78 is 18.8. The van der Waals surface area contributed by atoms with Crippen LogP contribution in [0.4, 0.5) is 5.69 Å². The van der Waals surface area contributed by atoms with E-state index in [1.165, 1.54) is 6.42 Å². The fourth-order valence-corrected chi connectivity index (χ4v) is 6.66. The largest absolute Gasteiger partial charge is 0.481 e. The fourth-order valence-electron chi connectivity index (χ4n) is 6.46. The summed E-state index contributed by atoms with van der Waals surface area (Å²) in [5, 5.41) is 4.79. The van der Waals surface area contributed by atoms with Crippen molar-refractivity contribution in [1.82, 2.24) is 5.32 Å². The Bertz CT molecular complexity index is 1290. The molecule has 5 unspecified atom stereocenters. The van der Waals surface area contributed by atoms with Gasteiger partial charge in [-0.25, -0.2) is 0 Å². The van der Waals surface area contributed by atoms with Crippen LogP contribution < -0.4 is 11.1 Å². The predicted octanol–water partition coefficient (Wildman–Crippen LogP) is 5.21. The van der Waals surface area contributed by atoms with Crippen molar-refractivity contribution in [3.8, 4) is 0 Å². The summed E-state index contributed by atoms with van der Waals surface area (Å²) in [6.45, 7) is 4.69. The quantitative estimate of drug-likeness (QED) is 0.339. The lowest BCUT2D eigenvalue weighted by atomic mass is 9.47. The number of nitrogens with two attached hydrogens (primary N) is 1. The number of aryl methyl sites for hydroxylation is 1. The number of fused-ring (bicyclic) bond motifs is 1. The number of hydrogen-bond donors (Lipinski definition) is 2. The summed E-state index contributed by atoms with van der Waals surface area (Å²) in [6, 6.07) is 13.5. The SMILES string of the molecule is CC1(C)C2CC3OB(C(Cc4coc5ccccc45)NC(=O)CCc4ccc(N)c(Cl)c4)OC3C1C2.